The summed E-state index contributed by atoms with van der Waals surface area (Å²) < 4.78 is 41.4. The molecule has 0 aliphatic carbocycles. The Morgan fingerprint density at radius 3 is 2.52 bits per heavy atom. The van der Waals surface area contributed by atoms with E-state index in [1.54, 1.807) is 0 Å². The van der Waals surface area contributed by atoms with E-state index >= 15 is 0 Å². The smallest absolute Gasteiger partial charge is 0.374 e. The van der Waals surface area contributed by atoms with Gasteiger partial charge in [0, 0.05) is 38.6 Å². The maximum absolute atomic E-state index is 13.4. The van der Waals surface area contributed by atoms with E-state index in [9.17, 15) is 23.1 Å². The molecule has 1 atom stereocenters. The second-order valence-electron chi connectivity index (χ2n) is 6.58. The highest BCUT2D eigenvalue weighted by molar-refractivity contribution is 5.77. The molecule has 1 aliphatic heterocycles. The first-order chi connectivity index (χ1) is 11.7. The minimum Gasteiger partial charge on any atom is -0.374 e. The van der Waals surface area contributed by atoms with Crippen LogP contribution in [0.1, 0.15) is 38.4 Å². The first-order valence-corrected chi connectivity index (χ1v) is 8.46. The molecule has 0 aromatic carbocycles. The monoisotopic (exact) mass is 362 g/mol. The molecule has 0 saturated carbocycles. The van der Waals surface area contributed by atoms with Crippen LogP contribution in [0.5, 0.6) is 0 Å². The summed E-state index contributed by atoms with van der Waals surface area (Å²) in [6.07, 6.45) is -1.22. The Bertz CT molecular complexity index is 582. The summed E-state index contributed by atoms with van der Waals surface area (Å²) in [6.45, 7) is 4.68. The van der Waals surface area contributed by atoms with Gasteiger partial charge in [-0.25, -0.2) is 4.98 Å². The summed E-state index contributed by atoms with van der Waals surface area (Å²) in [7, 11) is 1.35. The highest BCUT2D eigenvalue weighted by Crippen LogP contribution is 2.40. The molecule has 1 fully saturated rings. The molecule has 0 bridgehead atoms. The normalized spacial score (nSPS) is 19.6. The van der Waals surface area contributed by atoms with E-state index in [1.165, 1.54) is 13.2 Å². The Morgan fingerprint density at radius 2 is 2.04 bits per heavy atom. The Balaban J connectivity index is 2.01. The number of halogens is 3. The van der Waals surface area contributed by atoms with Gasteiger partial charge in [-0.05, 0) is 25.8 Å². The van der Waals surface area contributed by atoms with Crippen LogP contribution < -0.4 is 5.32 Å². The number of aromatic nitrogens is 2. The summed E-state index contributed by atoms with van der Waals surface area (Å²) in [5, 5.41) is 12.9. The molecule has 1 amide bonds. The molecule has 1 unspecified atom stereocenters. The molecule has 0 spiro atoms. The molecule has 2 N–H and O–H groups in total. The number of imidazole rings is 1. The summed E-state index contributed by atoms with van der Waals surface area (Å²) in [5.74, 6) is -1.41. The third kappa shape index (κ3) is 4.52. The molecule has 1 saturated heterocycles. The van der Waals surface area contributed by atoms with Crippen molar-refractivity contribution >= 4 is 5.91 Å². The van der Waals surface area contributed by atoms with Crippen molar-refractivity contribution in [3.63, 3.8) is 0 Å². The van der Waals surface area contributed by atoms with E-state index in [0.29, 0.717) is 12.8 Å². The van der Waals surface area contributed by atoms with Crippen molar-refractivity contribution in [3.8, 4) is 0 Å². The lowest BCUT2D eigenvalue weighted by molar-refractivity contribution is -0.271. The second-order valence-corrected chi connectivity index (χ2v) is 6.58. The van der Waals surface area contributed by atoms with Gasteiger partial charge in [0.2, 0.25) is 11.5 Å². The average molecular weight is 362 g/mol. The van der Waals surface area contributed by atoms with Crippen molar-refractivity contribution in [2.75, 3.05) is 19.6 Å². The molecule has 6 nitrogen and oxygen atoms in total. The van der Waals surface area contributed by atoms with Crippen LogP contribution >= 0.6 is 0 Å². The number of aryl methyl sites for hydroxylation is 1. The number of likely N-dealkylation sites (tertiary alicyclic amines) is 1. The van der Waals surface area contributed by atoms with Crippen LogP contribution in [0.2, 0.25) is 0 Å². The van der Waals surface area contributed by atoms with E-state index in [1.807, 2.05) is 0 Å². The minimum atomic E-state index is -5.01. The molecule has 2 rings (SSSR count). The molecule has 142 valence electrons. The van der Waals surface area contributed by atoms with E-state index in [4.69, 9.17) is 0 Å². The summed E-state index contributed by atoms with van der Waals surface area (Å²) in [5.41, 5.74) is -3.31. The van der Waals surface area contributed by atoms with Crippen molar-refractivity contribution in [2.45, 2.75) is 50.4 Å². The van der Waals surface area contributed by atoms with Gasteiger partial charge in [0.1, 0.15) is 0 Å². The number of carbonyl (C=O) groups excluding carboxylic acids is 1. The Labute approximate surface area is 145 Å². The topological polar surface area (TPSA) is 70.4 Å². The highest BCUT2D eigenvalue weighted by atomic mass is 19.4. The van der Waals surface area contributed by atoms with Gasteiger partial charge < -0.3 is 19.9 Å². The Kier molecular flexibility index (Phi) is 6.10. The van der Waals surface area contributed by atoms with Crippen molar-refractivity contribution in [1.82, 2.24) is 19.8 Å². The van der Waals surface area contributed by atoms with Crippen molar-refractivity contribution in [3.05, 3.63) is 18.2 Å². The minimum absolute atomic E-state index is 0.167. The zero-order chi connectivity index (χ0) is 18.7. The number of aliphatic hydroxyl groups is 1. The summed E-state index contributed by atoms with van der Waals surface area (Å²) in [4.78, 5) is 18.0. The third-order valence-corrected chi connectivity index (χ3v) is 4.57. The van der Waals surface area contributed by atoms with Crippen molar-refractivity contribution in [1.29, 1.82) is 0 Å². The van der Waals surface area contributed by atoms with E-state index < -0.39 is 29.9 Å². The Morgan fingerprint density at radius 1 is 1.40 bits per heavy atom. The molecule has 2 heterocycles. The number of nitrogens with one attached hydrogen (secondary N) is 1. The average Bonchev–Trinajstić information content (AvgIpc) is 2.95. The Hall–Kier alpha value is -1.61. The number of alkyl halides is 3. The van der Waals surface area contributed by atoms with E-state index in [2.05, 4.69) is 22.1 Å². The number of hydrogen-bond acceptors (Lipinski definition) is 4. The zero-order valence-electron chi connectivity index (χ0n) is 14.5. The van der Waals surface area contributed by atoms with Crippen LogP contribution in [0.4, 0.5) is 13.2 Å². The maximum Gasteiger partial charge on any atom is 0.425 e. The first kappa shape index (κ1) is 19.7. The fourth-order valence-electron chi connectivity index (χ4n) is 3.20. The van der Waals surface area contributed by atoms with E-state index in [-0.39, 0.29) is 6.04 Å². The lowest BCUT2D eigenvalue weighted by Gasteiger charge is -2.33. The highest BCUT2D eigenvalue weighted by Gasteiger charge is 2.58. The number of rotatable bonds is 6. The molecular formula is C16H25F3N4O2. The lowest BCUT2D eigenvalue weighted by atomic mass is 9.96. The molecule has 1 aromatic rings. The lowest BCUT2D eigenvalue weighted by Crippen LogP contribution is -2.50. The van der Waals surface area contributed by atoms with Gasteiger partial charge in [0.25, 0.3) is 0 Å². The summed E-state index contributed by atoms with van der Waals surface area (Å²) >= 11 is 0. The first-order valence-electron chi connectivity index (χ1n) is 8.46. The molecule has 1 aliphatic rings. The predicted octanol–water partition coefficient (Wildman–Crippen LogP) is 1.55. The number of carbonyl (C=O) groups is 1. The van der Waals surface area contributed by atoms with Crippen LogP contribution in [-0.4, -0.2) is 57.3 Å². The number of amides is 1. The quantitative estimate of drug-likeness (QED) is 0.806. The van der Waals surface area contributed by atoms with Crippen LogP contribution in [0.3, 0.4) is 0 Å². The molecule has 25 heavy (non-hydrogen) atoms. The number of nitrogens with zero attached hydrogens (tertiary/aromatic N) is 3. The van der Waals surface area contributed by atoms with E-state index in [0.717, 1.165) is 36.8 Å². The van der Waals surface area contributed by atoms with Crippen molar-refractivity contribution in [2.24, 2.45) is 7.05 Å². The number of piperidine rings is 1. The van der Waals surface area contributed by atoms with Crippen LogP contribution in [0.15, 0.2) is 12.4 Å². The summed E-state index contributed by atoms with van der Waals surface area (Å²) in [6, 6.07) is -0.167. The maximum atomic E-state index is 13.4. The van der Waals surface area contributed by atoms with Crippen LogP contribution in [0.25, 0.3) is 0 Å². The van der Waals surface area contributed by atoms with Crippen LogP contribution in [0, 0.1) is 0 Å². The molecular weight excluding hydrogens is 337 g/mol. The van der Waals surface area contributed by atoms with Gasteiger partial charge in [0.15, 0.2) is 5.82 Å². The third-order valence-electron chi connectivity index (χ3n) is 4.57. The molecule has 1 aromatic heterocycles. The second kappa shape index (κ2) is 7.74. The van der Waals surface area contributed by atoms with Gasteiger partial charge in [-0.15, -0.1) is 0 Å². The predicted molar refractivity (Wildman–Crippen MR) is 85.7 cm³/mol. The fourth-order valence-corrected chi connectivity index (χ4v) is 3.20. The standard InChI is InChI=1S/C16H25F3N4O2/c1-3-7-23-8-4-12(5-9-23)21-13(24)11-15(25,16(17,18)19)14-20-6-10-22(14)2/h6,10,12,25H,3-5,7-9,11H2,1-2H3,(H,21,24). The molecule has 9 heteroatoms. The molecule has 0 radical (unpaired) electrons. The van der Waals surface area contributed by atoms with Gasteiger partial charge in [-0.2, -0.15) is 13.2 Å². The van der Waals surface area contributed by atoms with Crippen molar-refractivity contribution < 1.29 is 23.1 Å². The SMILES string of the molecule is CCCN1CCC(NC(=O)CC(O)(c2nccn2C)C(F)(F)F)CC1. The van der Waals surface area contributed by atoms with Gasteiger partial charge >= 0.3 is 6.18 Å². The zero-order valence-corrected chi connectivity index (χ0v) is 14.5. The van der Waals surface area contributed by atoms with Gasteiger partial charge in [-0.1, -0.05) is 6.92 Å². The number of hydrogen-bond donors (Lipinski definition) is 2. The fraction of sp³-hybridized carbons (Fsp3) is 0.750. The van der Waals surface area contributed by atoms with Crippen LogP contribution in [-0.2, 0) is 17.4 Å². The largest absolute Gasteiger partial charge is 0.425 e. The van der Waals surface area contributed by atoms with Gasteiger partial charge in [0.05, 0.1) is 6.42 Å². The van der Waals surface area contributed by atoms with Gasteiger partial charge in [-0.3, -0.25) is 4.79 Å².